The second-order valence-electron chi connectivity index (χ2n) is 5.62. The Morgan fingerprint density at radius 3 is 2.67 bits per heavy atom. The van der Waals surface area contributed by atoms with Gasteiger partial charge in [0, 0.05) is 24.2 Å². The van der Waals surface area contributed by atoms with E-state index in [1.54, 1.807) is 0 Å². The van der Waals surface area contributed by atoms with E-state index in [-0.39, 0.29) is 47.3 Å². The van der Waals surface area contributed by atoms with Gasteiger partial charge in [0.25, 0.3) is 5.91 Å². The molecule has 0 aliphatic carbocycles. The minimum absolute atomic E-state index is 0.0251. The molecule has 0 saturated carbocycles. The summed E-state index contributed by atoms with van der Waals surface area (Å²) in [6.45, 7) is 4.60. The lowest BCUT2D eigenvalue weighted by atomic mass is 10.3. The van der Waals surface area contributed by atoms with Crippen molar-refractivity contribution in [1.82, 2.24) is 9.62 Å². The third kappa shape index (κ3) is 4.83. The van der Waals surface area contributed by atoms with Crippen molar-refractivity contribution in [1.29, 1.82) is 0 Å². The molecule has 1 heterocycles. The van der Waals surface area contributed by atoms with Crippen LogP contribution in [0, 0.1) is 0 Å². The van der Waals surface area contributed by atoms with E-state index < -0.39 is 10.0 Å². The summed E-state index contributed by atoms with van der Waals surface area (Å²) in [5.41, 5.74) is 0. The maximum absolute atomic E-state index is 12.8. The Morgan fingerprint density at radius 1 is 1.38 bits per heavy atom. The number of hydrogen-bond donors (Lipinski definition) is 1. The molecular formula is C15H21ClN2O5S. The molecule has 7 nitrogen and oxygen atoms in total. The van der Waals surface area contributed by atoms with Gasteiger partial charge in [-0.1, -0.05) is 11.6 Å². The summed E-state index contributed by atoms with van der Waals surface area (Å²) in [6, 6.07) is 4.29. The van der Waals surface area contributed by atoms with Gasteiger partial charge in [-0.15, -0.1) is 0 Å². The van der Waals surface area contributed by atoms with E-state index in [1.165, 1.54) is 22.5 Å². The van der Waals surface area contributed by atoms with Crippen LogP contribution in [0.15, 0.2) is 23.1 Å². The van der Waals surface area contributed by atoms with E-state index in [1.807, 2.05) is 13.8 Å². The van der Waals surface area contributed by atoms with Gasteiger partial charge < -0.3 is 14.8 Å². The average Bonchev–Trinajstić information content (AvgIpc) is 2.54. The zero-order chi connectivity index (χ0) is 17.7. The van der Waals surface area contributed by atoms with E-state index in [0.717, 1.165) is 0 Å². The highest BCUT2D eigenvalue weighted by Crippen LogP contribution is 2.30. The quantitative estimate of drug-likeness (QED) is 0.808. The Labute approximate surface area is 146 Å². The number of carbonyl (C=O) groups is 1. The standard InChI is InChI=1S/C15H21ClN2O5S/c1-11(2)17-15(19)10-23-13-4-3-12(16)9-14(13)24(20,21)18-5-7-22-8-6-18/h3-4,9,11H,5-8,10H2,1-2H3,(H,17,19). The lowest BCUT2D eigenvalue weighted by molar-refractivity contribution is -0.123. The predicted octanol–water partition coefficient (Wildman–Crippen LogP) is 1.26. The van der Waals surface area contributed by atoms with Gasteiger partial charge in [0.2, 0.25) is 10.0 Å². The van der Waals surface area contributed by atoms with Crippen LogP contribution in [0.4, 0.5) is 0 Å². The maximum atomic E-state index is 12.8. The Bertz CT molecular complexity index is 687. The lowest BCUT2D eigenvalue weighted by Gasteiger charge is -2.26. The zero-order valence-corrected chi connectivity index (χ0v) is 15.2. The molecule has 0 unspecified atom stereocenters. The van der Waals surface area contributed by atoms with Gasteiger partial charge in [-0.25, -0.2) is 8.42 Å². The van der Waals surface area contributed by atoms with Crippen molar-refractivity contribution in [2.45, 2.75) is 24.8 Å². The first-order chi connectivity index (χ1) is 11.3. The highest BCUT2D eigenvalue weighted by atomic mass is 35.5. The van der Waals surface area contributed by atoms with Crippen molar-refractivity contribution in [3.8, 4) is 5.75 Å². The van der Waals surface area contributed by atoms with E-state index in [2.05, 4.69) is 5.32 Å². The van der Waals surface area contributed by atoms with E-state index in [0.29, 0.717) is 13.2 Å². The number of benzene rings is 1. The minimum atomic E-state index is -3.77. The second kappa shape index (κ2) is 8.15. The largest absolute Gasteiger partial charge is 0.482 e. The number of amides is 1. The van der Waals surface area contributed by atoms with E-state index in [9.17, 15) is 13.2 Å². The number of carbonyl (C=O) groups excluding carboxylic acids is 1. The molecule has 9 heteroatoms. The Morgan fingerprint density at radius 2 is 2.04 bits per heavy atom. The normalized spacial score (nSPS) is 16.2. The summed E-state index contributed by atoms with van der Waals surface area (Å²) in [5, 5.41) is 2.96. The van der Waals surface area contributed by atoms with Crippen LogP contribution in [0.1, 0.15) is 13.8 Å². The van der Waals surface area contributed by atoms with Crippen LogP contribution >= 0.6 is 11.6 Å². The van der Waals surface area contributed by atoms with Crippen LogP contribution in [-0.2, 0) is 19.6 Å². The molecule has 0 aromatic heterocycles. The first kappa shape index (κ1) is 19.0. The van der Waals surface area contributed by atoms with Crippen molar-refractivity contribution in [3.05, 3.63) is 23.2 Å². The van der Waals surface area contributed by atoms with Gasteiger partial charge in [0.1, 0.15) is 10.6 Å². The number of nitrogens with zero attached hydrogens (tertiary/aromatic N) is 1. The SMILES string of the molecule is CC(C)NC(=O)COc1ccc(Cl)cc1S(=O)(=O)N1CCOCC1. The summed E-state index contributed by atoms with van der Waals surface area (Å²) >= 11 is 5.95. The monoisotopic (exact) mass is 376 g/mol. The van der Waals surface area contributed by atoms with E-state index in [4.69, 9.17) is 21.1 Å². The number of ether oxygens (including phenoxy) is 2. The molecular weight excluding hydrogens is 356 g/mol. The van der Waals surface area contributed by atoms with Crippen molar-refractivity contribution >= 4 is 27.5 Å². The smallest absolute Gasteiger partial charge is 0.258 e. The van der Waals surface area contributed by atoms with Gasteiger partial charge in [-0.2, -0.15) is 4.31 Å². The Balaban J connectivity index is 2.22. The van der Waals surface area contributed by atoms with Crippen LogP contribution in [0.25, 0.3) is 0 Å². The van der Waals surface area contributed by atoms with Crippen molar-refractivity contribution in [2.75, 3.05) is 32.9 Å². The minimum Gasteiger partial charge on any atom is -0.482 e. The summed E-state index contributed by atoms with van der Waals surface area (Å²) in [4.78, 5) is 11.7. The molecule has 1 aliphatic rings. The van der Waals surface area contributed by atoms with Crippen LogP contribution in [0.5, 0.6) is 5.75 Å². The molecule has 1 aromatic carbocycles. The molecule has 1 fully saturated rings. The number of sulfonamides is 1. The highest BCUT2D eigenvalue weighted by Gasteiger charge is 2.29. The molecule has 0 atom stereocenters. The molecule has 1 aromatic rings. The number of morpholine rings is 1. The van der Waals surface area contributed by atoms with Crippen LogP contribution < -0.4 is 10.1 Å². The number of hydrogen-bond acceptors (Lipinski definition) is 5. The summed E-state index contributed by atoms with van der Waals surface area (Å²) in [7, 11) is -3.77. The molecule has 24 heavy (non-hydrogen) atoms. The van der Waals surface area contributed by atoms with Gasteiger partial charge in [-0.05, 0) is 32.0 Å². The summed E-state index contributed by atoms with van der Waals surface area (Å²) in [6.07, 6.45) is 0. The Hall–Kier alpha value is -1.35. The topological polar surface area (TPSA) is 84.9 Å². The fourth-order valence-corrected chi connectivity index (χ4v) is 4.04. The van der Waals surface area contributed by atoms with Gasteiger partial charge >= 0.3 is 0 Å². The van der Waals surface area contributed by atoms with Gasteiger partial charge in [0.05, 0.1) is 13.2 Å². The molecule has 1 N–H and O–H groups in total. The number of rotatable bonds is 6. The highest BCUT2D eigenvalue weighted by molar-refractivity contribution is 7.89. The number of halogens is 1. The third-order valence-corrected chi connectivity index (χ3v) is 5.46. The fraction of sp³-hybridized carbons (Fsp3) is 0.533. The predicted molar refractivity (Wildman–Crippen MR) is 89.8 cm³/mol. The lowest BCUT2D eigenvalue weighted by Crippen LogP contribution is -2.40. The van der Waals surface area contributed by atoms with Crippen LogP contribution in [0.3, 0.4) is 0 Å². The molecule has 134 valence electrons. The van der Waals surface area contributed by atoms with Gasteiger partial charge in [0.15, 0.2) is 6.61 Å². The fourth-order valence-electron chi connectivity index (χ4n) is 2.24. The zero-order valence-electron chi connectivity index (χ0n) is 13.6. The maximum Gasteiger partial charge on any atom is 0.258 e. The second-order valence-corrected chi connectivity index (χ2v) is 7.96. The molecule has 0 radical (unpaired) electrons. The summed E-state index contributed by atoms with van der Waals surface area (Å²) in [5.74, 6) is -0.223. The molecule has 1 aliphatic heterocycles. The molecule has 2 rings (SSSR count). The van der Waals surface area contributed by atoms with Crippen LogP contribution in [-0.4, -0.2) is 57.6 Å². The number of nitrogens with one attached hydrogen (secondary N) is 1. The van der Waals surface area contributed by atoms with E-state index >= 15 is 0 Å². The molecule has 1 saturated heterocycles. The van der Waals surface area contributed by atoms with Crippen molar-refractivity contribution in [3.63, 3.8) is 0 Å². The third-order valence-electron chi connectivity index (χ3n) is 3.30. The van der Waals surface area contributed by atoms with Crippen molar-refractivity contribution < 1.29 is 22.7 Å². The molecule has 0 spiro atoms. The molecule has 1 amide bonds. The average molecular weight is 377 g/mol. The molecule has 0 bridgehead atoms. The van der Waals surface area contributed by atoms with Gasteiger partial charge in [-0.3, -0.25) is 4.79 Å². The first-order valence-corrected chi connectivity index (χ1v) is 9.42. The Kier molecular flexibility index (Phi) is 6.45. The van der Waals surface area contributed by atoms with Crippen LogP contribution in [0.2, 0.25) is 5.02 Å². The summed E-state index contributed by atoms with van der Waals surface area (Å²) < 4.78 is 37.6. The first-order valence-electron chi connectivity index (χ1n) is 7.60. The van der Waals surface area contributed by atoms with Crippen molar-refractivity contribution in [2.24, 2.45) is 0 Å².